The quantitative estimate of drug-likeness (QED) is 0.677. The van der Waals surface area contributed by atoms with Gasteiger partial charge in [-0.05, 0) is 36.8 Å². The second-order valence-electron chi connectivity index (χ2n) is 8.59. The van der Waals surface area contributed by atoms with Gasteiger partial charge >= 0.3 is 0 Å². The van der Waals surface area contributed by atoms with Gasteiger partial charge in [-0.15, -0.1) is 0 Å². The van der Waals surface area contributed by atoms with Crippen LogP contribution in [0.4, 0.5) is 5.82 Å². The Morgan fingerprint density at radius 2 is 1.71 bits per heavy atom. The lowest BCUT2D eigenvalue weighted by molar-refractivity contribution is 0.0424. The third-order valence-electron chi connectivity index (χ3n) is 6.45. The van der Waals surface area contributed by atoms with Gasteiger partial charge in [-0.2, -0.15) is 0 Å². The highest BCUT2D eigenvalue weighted by Gasteiger charge is 2.37. The maximum Gasteiger partial charge on any atom is 0.140 e. The SMILES string of the molecule is Cc1nc(N2CC(O)C(N3CCN(Cc4ccc(Cl)cc4)CC3)C2)c2ccccc2n1. The zero-order valence-electron chi connectivity index (χ0n) is 17.8. The van der Waals surface area contributed by atoms with Crippen molar-refractivity contribution < 1.29 is 5.11 Å². The van der Waals surface area contributed by atoms with Gasteiger partial charge in [0.15, 0.2) is 0 Å². The van der Waals surface area contributed by atoms with Crippen molar-refractivity contribution >= 4 is 28.3 Å². The van der Waals surface area contributed by atoms with Crippen LogP contribution in [0.1, 0.15) is 11.4 Å². The summed E-state index contributed by atoms with van der Waals surface area (Å²) in [5.74, 6) is 1.70. The Bertz CT molecular complexity index is 1050. The van der Waals surface area contributed by atoms with E-state index >= 15 is 0 Å². The van der Waals surface area contributed by atoms with E-state index in [0.717, 1.165) is 66.8 Å². The van der Waals surface area contributed by atoms with Crippen molar-refractivity contribution in [2.75, 3.05) is 44.2 Å². The van der Waals surface area contributed by atoms with Gasteiger partial charge in [-0.3, -0.25) is 9.80 Å². The lowest BCUT2D eigenvalue weighted by Crippen LogP contribution is -2.53. The average Bonchev–Trinajstić information content (AvgIpc) is 3.17. The summed E-state index contributed by atoms with van der Waals surface area (Å²) < 4.78 is 0. The molecular formula is C24H28ClN5O. The summed E-state index contributed by atoms with van der Waals surface area (Å²) in [6.07, 6.45) is -0.378. The third kappa shape index (κ3) is 4.39. The molecule has 2 atom stereocenters. The van der Waals surface area contributed by atoms with Crippen LogP contribution in [0.5, 0.6) is 0 Å². The van der Waals surface area contributed by atoms with Crippen molar-refractivity contribution in [2.24, 2.45) is 0 Å². The fourth-order valence-electron chi connectivity index (χ4n) is 4.82. The predicted molar refractivity (Wildman–Crippen MR) is 125 cm³/mol. The van der Waals surface area contributed by atoms with Crippen molar-refractivity contribution in [1.82, 2.24) is 19.8 Å². The molecule has 0 amide bonds. The average molecular weight is 438 g/mol. The van der Waals surface area contributed by atoms with Crippen molar-refractivity contribution in [3.63, 3.8) is 0 Å². The Morgan fingerprint density at radius 1 is 0.968 bits per heavy atom. The van der Waals surface area contributed by atoms with Gasteiger partial charge in [-0.1, -0.05) is 35.9 Å². The first-order valence-corrected chi connectivity index (χ1v) is 11.3. The number of benzene rings is 2. The molecule has 0 bridgehead atoms. The topological polar surface area (TPSA) is 55.7 Å². The van der Waals surface area contributed by atoms with Crippen LogP contribution in [-0.4, -0.2) is 76.3 Å². The van der Waals surface area contributed by atoms with Gasteiger partial charge in [0.1, 0.15) is 11.6 Å². The number of aromatic nitrogens is 2. The lowest BCUT2D eigenvalue weighted by atomic mass is 10.1. The third-order valence-corrected chi connectivity index (χ3v) is 6.70. The first kappa shape index (κ1) is 20.6. The van der Waals surface area contributed by atoms with E-state index in [9.17, 15) is 5.11 Å². The Hall–Kier alpha value is -2.25. The second kappa shape index (κ2) is 8.71. The number of halogens is 1. The van der Waals surface area contributed by atoms with Crippen LogP contribution >= 0.6 is 11.6 Å². The molecule has 2 saturated heterocycles. The van der Waals surface area contributed by atoms with E-state index in [1.165, 1.54) is 5.56 Å². The molecule has 1 N–H and O–H groups in total. The highest BCUT2D eigenvalue weighted by Crippen LogP contribution is 2.29. The number of anilines is 1. The van der Waals surface area contributed by atoms with Gasteiger partial charge in [0.25, 0.3) is 0 Å². The fourth-order valence-corrected chi connectivity index (χ4v) is 4.94. The van der Waals surface area contributed by atoms with Gasteiger partial charge in [-0.25, -0.2) is 9.97 Å². The van der Waals surface area contributed by atoms with E-state index in [1.54, 1.807) is 0 Å². The number of aliphatic hydroxyl groups excluding tert-OH is 1. The minimum Gasteiger partial charge on any atom is -0.390 e. The molecule has 2 fully saturated rings. The molecule has 3 aromatic rings. The number of β-amino-alcohol motifs (C(OH)–C–C–N with tert-alkyl or cyclic N) is 1. The highest BCUT2D eigenvalue weighted by molar-refractivity contribution is 6.30. The number of hydrogen-bond acceptors (Lipinski definition) is 6. The monoisotopic (exact) mass is 437 g/mol. The van der Waals surface area contributed by atoms with Crippen LogP contribution < -0.4 is 4.90 Å². The van der Waals surface area contributed by atoms with Crippen molar-refractivity contribution in [3.05, 3.63) is 64.9 Å². The summed E-state index contributed by atoms with van der Waals surface area (Å²) >= 11 is 6.00. The molecule has 0 aliphatic carbocycles. The van der Waals surface area contributed by atoms with E-state index in [2.05, 4.69) is 37.9 Å². The zero-order valence-corrected chi connectivity index (χ0v) is 18.5. The largest absolute Gasteiger partial charge is 0.390 e. The maximum atomic E-state index is 10.9. The molecule has 2 aliphatic rings. The van der Waals surface area contributed by atoms with Crippen LogP contribution in [0.2, 0.25) is 5.02 Å². The van der Waals surface area contributed by atoms with Crippen molar-refractivity contribution in [2.45, 2.75) is 25.6 Å². The molecule has 2 aromatic carbocycles. The summed E-state index contributed by atoms with van der Waals surface area (Å²) in [5, 5.41) is 12.7. The molecule has 6 nitrogen and oxygen atoms in total. The fraction of sp³-hybridized carbons (Fsp3) is 0.417. The molecule has 2 unspecified atom stereocenters. The predicted octanol–water partition coefficient (Wildman–Crippen LogP) is 2.96. The molecule has 31 heavy (non-hydrogen) atoms. The standard InChI is InChI=1S/C24H28ClN5O/c1-17-26-21-5-3-2-4-20(21)24(27-17)30-15-22(23(31)16-30)29-12-10-28(11-13-29)14-18-6-8-19(25)9-7-18/h2-9,22-23,31H,10-16H2,1H3. The van der Waals surface area contributed by atoms with E-state index in [0.29, 0.717) is 6.54 Å². The molecule has 7 heteroatoms. The van der Waals surface area contributed by atoms with Crippen molar-refractivity contribution in [1.29, 1.82) is 0 Å². The van der Waals surface area contributed by atoms with Crippen LogP contribution in [-0.2, 0) is 6.54 Å². The van der Waals surface area contributed by atoms with Gasteiger partial charge in [0.2, 0.25) is 0 Å². The molecule has 0 radical (unpaired) electrons. The normalized spacial score (nSPS) is 23.0. The number of aryl methyl sites for hydroxylation is 1. The number of aliphatic hydroxyl groups is 1. The Morgan fingerprint density at radius 3 is 2.48 bits per heavy atom. The van der Waals surface area contributed by atoms with Crippen molar-refractivity contribution in [3.8, 4) is 0 Å². The molecule has 1 aromatic heterocycles. The second-order valence-corrected chi connectivity index (χ2v) is 9.03. The minimum atomic E-state index is -0.378. The van der Waals surface area contributed by atoms with Gasteiger partial charge < -0.3 is 10.0 Å². The van der Waals surface area contributed by atoms with Crippen LogP contribution in [0.3, 0.4) is 0 Å². The van der Waals surface area contributed by atoms with E-state index in [1.807, 2.05) is 37.3 Å². The molecular weight excluding hydrogens is 410 g/mol. The summed E-state index contributed by atoms with van der Waals surface area (Å²) in [5.41, 5.74) is 2.25. The molecule has 3 heterocycles. The lowest BCUT2D eigenvalue weighted by Gasteiger charge is -2.38. The van der Waals surface area contributed by atoms with E-state index < -0.39 is 0 Å². The number of piperazine rings is 1. The van der Waals surface area contributed by atoms with Crippen LogP contribution in [0.15, 0.2) is 48.5 Å². The molecule has 162 valence electrons. The number of hydrogen-bond donors (Lipinski definition) is 1. The Kier molecular flexibility index (Phi) is 5.80. The smallest absolute Gasteiger partial charge is 0.140 e. The van der Waals surface area contributed by atoms with Crippen LogP contribution in [0, 0.1) is 6.92 Å². The summed E-state index contributed by atoms with van der Waals surface area (Å²) in [4.78, 5) is 16.4. The Balaban J connectivity index is 1.24. The molecule has 2 aliphatic heterocycles. The molecule has 0 saturated carbocycles. The molecule has 5 rings (SSSR count). The summed E-state index contributed by atoms with van der Waals surface area (Å²) in [6, 6.07) is 16.4. The maximum absolute atomic E-state index is 10.9. The number of nitrogens with zero attached hydrogens (tertiary/aromatic N) is 5. The first-order chi connectivity index (χ1) is 15.1. The number of para-hydroxylation sites is 1. The minimum absolute atomic E-state index is 0.131. The highest BCUT2D eigenvalue weighted by atomic mass is 35.5. The van der Waals surface area contributed by atoms with Gasteiger partial charge in [0.05, 0.1) is 17.7 Å². The summed E-state index contributed by atoms with van der Waals surface area (Å²) in [7, 11) is 0. The van der Waals surface area contributed by atoms with Gasteiger partial charge in [0, 0.05) is 56.2 Å². The molecule has 0 spiro atoms. The number of rotatable bonds is 4. The zero-order chi connectivity index (χ0) is 21.4. The van der Waals surface area contributed by atoms with E-state index in [4.69, 9.17) is 16.6 Å². The number of fused-ring (bicyclic) bond motifs is 1. The Labute approximate surface area is 188 Å². The summed E-state index contributed by atoms with van der Waals surface area (Å²) in [6.45, 7) is 8.20. The van der Waals surface area contributed by atoms with Crippen LogP contribution in [0.25, 0.3) is 10.9 Å². The van der Waals surface area contributed by atoms with E-state index in [-0.39, 0.29) is 12.1 Å². The first-order valence-electron chi connectivity index (χ1n) is 10.9.